The fourth-order valence-electron chi connectivity index (χ4n) is 3.30. The zero-order chi connectivity index (χ0) is 18.7. The Morgan fingerprint density at radius 2 is 1.85 bits per heavy atom. The van der Waals surface area contributed by atoms with Crippen LogP contribution < -0.4 is 4.74 Å². The lowest BCUT2D eigenvalue weighted by Gasteiger charge is -2.36. The third-order valence-corrected chi connectivity index (χ3v) is 4.72. The van der Waals surface area contributed by atoms with Crippen LogP contribution in [0.1, 0.15) is 30.1 Å². The number of aromatic hydroxyl groups is 2. The van der Waals surface area contributed by atoms with E-state index in [9.17, 15) is 20.4 Å². The first-order chi connectivity index (χ1) is 12.5. The molecule has 0 bridgehead atoms. The Labute approximate surface area is 152 Å². The fourth-order valence-corrected chi connectivity index (χ4v) is 3.30. The van der Waals surface area contributed by atoms with Crippen LogP contribution in [-0.4, -0.2) is 45.8 Å². The first kappa shape index (κ1) is 18.5. The molecule has 4 N–H and O–H groups in total. The van der Waals surface area contributed by atoms with Crippen LogP contribution >= 0.6 is 0 Å². The number of ether oxygens (including phenoxy) is 2. The minimum atomic E-state index is -0.781. The monoisotopic (exact) mass is 360 g/mol. The molecule has 0 aliphatic carbocycles. The number of rotatable bonds is 5. The van der Waals surface area contributed by atoms with E-state index in [0.29, 0.717) is 25.0 Å². The van der Waals surface area contributed by atoms with Gasteiger partial charge in [0.25, 0.3) is 0 Å². The van der Waals surface area contributed by atoms with Crippen LogP contribution in [0.25, 0.3) is 0 Å². The summed E-state index contributed by atoms with van der Waals surface area (Å²) in [5.41, 5.74) is 1.65. The molecule has 1 fully saturated rings. The largest absolute Gasteiger partial charge is 0.508 e. The normalized spacial score (nSPS) is 24.2. The predicted molar refractivity (Wildman–Crippen MR) is 95.3 cm³/mol. The van der Waals surface area contributed by atoms with E-state index >= 15 is 0 Å². The highest BCUT2D eigenvalue weighted by Crippen LogP contribution is 2.37. The molecule has 26 heavy (non-hydrogen) atoms. The smallest absolute Gasteiger partial charge is 0.160 e. The second kappa shape index (κ2) is 7.95. The molecule has 0 aromatic heterocycles. The Kier molecular flexibility index (Phi) is 5.66. The molecule has 6 nitrogen and oxygen atoms in total. The van der Waals surface area contributed by atoms with E-state index in [0.717, 1.165) is 11.1 Å². The Balaban J connectivity index is 1.72. The molecule has 4 atom stereocenters. The number of phenols is 2. The molecular formula is C20H24O6. The highest BCUT2D eigenvalue weighted by molar-refractivity contribution is 5.42. The molecule has 2 aromatic carbocycles. The van der Waals surface area contributed by atoms with Crippen LogP contribution in [0.15, 0.2) is 42.5 Å². The van der Waals surface area contributed by atoms with Crippen LogP contribution in [0.5, 0.6) is 17.2 Å². The van der Waals surface area contributed by atoms with Gasteiger partial charge in [-0.3, -0.25) is 0 Å². The van der Waals surface area contributed by atoms with Gasteiger partial charge >= 0.3 is 0 Å². The number of methoxy groups -OCH3 is 1. The maximum atomic E-state index is 10.6. The summed E-state index contributed by atoms with van der Waals surface area (Å²) in [6, 6.07) is 11.6. The molecule has 0 amide bonds. The number of hydrogen-bond donors (Lipinski definition) is 4. The number of phenolic OH excluding ortho intramolecular Hbond substituents is 2. The summed E-state index contributed by atoms with van der Waals surface area (Å²) >= 11 is 0. The standard InChI is InChI=1S/C20H24O6/c1-25-19-9-13(4-7-16(19)23)18-10-15(22)11-20(26-18)17(24)8-12-2-5-14(21)6-3-12/h2-7,9,15,17-18,20-24H,8,10-11H2,1H3/t15-,17-,18-,20-/m0/s1. The molecule has 0 radical (unpaired) electrons. The minimum absolute atomic E-state index is 0.0384. The molecule has 0 saturated carbocycles. The molecule has 1 heterocycles. The summed E-state index contributed by atoms with van der Waals surface area (Å²) in [7, 11) is 1.47. The van der Waals surface area contributed by atoms with Crippen LogP contribution in [0.2, 0.25) is 0 Å². The third-order valence-electron chi connectivity index (χ3n) is 4.72. The van der Waals surface area contributed by atoms with Crippen LogP contribution in [-0.2, 0) is 11.2 Å². The highest BCUT2D eigenvalue weighted by Gasteiger charge is 2.33. The number of benzene rings is 2. The summed E-state index contributed by atoms with van der Waals surface area (Å²) < 4.78 is 11.2. The second-order valence-corrected chi connectivity index (χ2v) is 6.66. The van der Waals surface area contributed by atoms with Gasteiger partial charge in [0.05, 0.1) is 31.5 Å². The Hall–Kier alpha value is -2.28. The van der Waals surface area contributed by atoms with Crippen molar-refractivity contribution in [3.05, 3.63) is 53.6 Å². The predicted octanol–water partition coefficient (Wildman–Crippen LogP) is 2.29. The lowest BCUT2D eigenvalue weighted by molar-refractivity contribution is -0.139. The van der Waals surface area contributed by atoms with Gasteiger partial charge in [0.15, 0.2) is 11.5 Å². The zero-order valence-corrected chi connectivity index (χ0v) is 14.6. The molecular weight excluding hydrogens is 336 g/mol. The molecule has 140 valence electrons. The second-order valence-electron chi connectivity index (χ2n) is 6.66. The lowest BCUT2D eigenvalue weighted by atomic mass is 9.92. The summed E-state index contributed by atoms with van der Waals surface area (Å²) in [4.78, 5) is 0. The van der Waals surface area contributed by atoms with Gasteiger partial charge in [-0.25, -0.2) is 0 Å². The van der Waals surface area contributed by atoms with Gasteiger partial charge in [-0.05, 0) is 35.4 Å². The lowest BCUT2D eigenvalue weighted by Crippen LogP contribution is -2.40. The van der Waals surface area contributed by atoms with Gasteiger partial charge < -0.3 is 29.9 Å². The first-order valence-corrected chi connectivity index (χ1v) is 8.62. The molecule has 2 aromatic rings. The van der Waals surface area contributed by atoms with Gasteiger partial charge in [-0.1, -0.05) is 18.2 Å². The Morgan fingerprint density at radius 3 is 2.54 bits per heavy atom. The Bertz CT molecular complexity index is 730. The number of aliphatic hydroxyl groups is 2. The topological polar surface area (TPSA) is 99.4 Å². The summed E-state index contributed by atoms with van der Waals surface area (Å²) in [5.74, 6) is 0.554. The fraction of sp³-hybridized carbons (Fsp3) is 0.400. The van der Waals surface area contributed by atoms with Gasteiger partial charge in [-0.15, -0.1) is 0 Å². The van der Waals surface area contributed by atoms with Gasteiger partial charge in [-0.2, -0.15) is 0 Å². The van der Waals surface area contributed by atoms with E-state index in [4.69, 9.17) is 9.47 Å². The van der Waals surface area contributed by atoms with Crippen molar-refractivity contribution in [1.29, 1.82) is 0 Å². The van der Waals surface area contributed by atoms with Crippen molar-refractivity contribution in [2.24, 2.45) is 0 Å². The SMILES string of the molecule is COc1cc([C@@H]2C[C@H](O)C[C@@H]([C@@H](O)Cc3ccc(O)cc3)O2)ccc1O. The van der Waals surface area contributed by atoms with Crippen molar-refractivity contribution in [3.8, 4) is 17.2 Å². The van der Waals surface area contributed by atoms with E-state index in [1.165, 1.54) is 13.2 Å². The average Bonchev–Trinajstić information content (AvgIpc) is 2.63. The van der Waals surface area contributed by atoms with Gasteiger partial charge in [0.1, 0.15) is 5.75 Å². The maximum absolute atomic E-state index is 10.6. The molecule has 1 aliphatic heterocycles. The summed E-state index contributed by atoms with van der Waals surface area (Å²) in [6.45, 7) is 0. The van der Waals surface area contributed by atoms with E-state index in [2.05, 4.69) is 0 Å². The quantitative estimate of drug-likeness (QED) is 0.653. The van der Waals surface area contributed by atoms with Crippen molar-refractivity contribution < 1.29 is 29.9 Å². The summed E-state index contributed by atoms with van der Waals surface area (Å²) in [6.07, 6.45) is -1.15. The number of aliphatic hydroxyl groups excluding tert-OH is 2. The van der Waals surface area contributed by atoms with Crippen LogP contribution in [0, 0.1) is 0 Å². The molecule has 0 unspecified atom stereocenters. The first-order valence-electron chi connectivity index (χ1n) is 8.62. The zero-order valence-electron chi connectivity index (χ0n) is 14.6. The molecule has 1 saturated heterocycles. The van der Waals surface area contributed by atoms with Crippen molar-refractivity contribution >= 4 is 0 Å². The molecule has 1 aliphatic rings. The maximum Gasteiger partial charge on any atom is 0.160 e. The molecule has 6 heteroatoms. The Morgan fingerprint density at radius 1 is 1.12 bits per heavy atom. The van der Waals surface area contributed by atoms with E-state index in [1.54, 1.807) is 36.4 Å². The summed E-state index contributed by atoms with van der Waals surface area (Å²) in [5, 5.41) is 39.9. The van der Waals surface area contributed by atoms with E-state index < -0.39 is 24.4 Å². The van der Waals surface area contributed by atoms with Gasteiger partial charge in [0, 0.05) is 19.3 Å². The van der Waals surface area contributed by atoms with E-state index in [1.807, 2.05) is 0 Å². The van der Waals surface area contributed by atoms with Crippen molar-refractivity contribution in [3.63, 3.8) is 0 Å². The van der Waals surface area contributed by atoms with Gasteiger partial charge in [0.2, 0.25) is 0 Å². The van der Waals surface area contributed by atoms with E-state index in [-0.39, 0.29) is 11.5 Å². The van der Waals surface area contributed by atoms with Crippen molar-refractivity contribution in [2.45, 2.75) is 43.7 Å². The van der Waals surface area contributed by atoms with Crippen LogP contribution in [0.4, 0.5) is 0 Å². The average molecular weight is 360 g/mol. The number of hydrogen-bond acceptors (Lipinski definition) is 6. The highest BCUT2D eigenvalue weighted by atomic mass is 16.5. The third kappa shape index (κ3) is 4.27. The minimum Gasteiger partial charge on any atom is -0.508 e. The molecule has 0 spiro atoms. The van der Waals surface area contributed by atoms with Crippen molar-refractivity contribution in [2.75, 3.05) is 7.11 Å². The van der Waals surface area contributed by atoms with Crippen LogP contribution in [0.3, 0.4) is 0 Å². The van der Waals surface area contributed by atoms with Crippen molar-refractivity contribution in [1.82, 2.24) is 0 Å². The molecule has 3 rings (SSSR count).